The van der Waals surface area contributed by atoms with Crippen LogP contribution < -0.4 is 5.32 Å². The van der Waals surface area contributed by atoms with Gasteiger partial charge >= 0.3 is 0 Å². The van der Waals surface area contributed by atoms with Crippen LogP contribution in [-0.2, 0) is 0 Å². The molecule has 0 aromatic carbocycles. The molecule has 2 nitrogen and oxygen atoms in total. The Morgan fingerprint density at radius 3 is 2.69 bits per heavy atom. The van der Waals surface area contributed by atoms with Crippen molar-refractivity contribution in [1.82, 2.24) is 5.32 Å². The zero-order valence-electron chi connectivity index (χ0n) is 8.68. The van der Waals surface area contributed by atoms with Gasteiger partial charge in [-0.3, -0.25) is 0 Å². The van der Waals surface area contributed by atoms with Gasteiger partial charge in [-0.25, -0.2) is 0 Å². The SMILES string of the molecule is CSCC(C)(O)CNCC1CCC1. The molecule has 0 amide bonds. The normalized spacial score (nSPS) is 22.4. The molecular formula is C10H21NOS. The van der Waals surface area contributed by atoms with Crippen LogP contribution in [0.4, 0.5) is 0 Å². The Morgan fingerprint density at radius 2 is 2.23 bits per heavy atom. The van der Waals surface area contributed by atoms with E-state index in [0.29, 0.717) is 0 Å². The number of nitrogens with one attached hydrogen (secondary N) is 1. The van der Waals surface area contributed by atoms with Crippen LogP contribution in [0, 0.1) is 5.92 Å². The van der Waals surface area contributed by atoms with Gasteiger partial charge in [0, 0.05) is 12.3 Å². The molecule has 0 bridgehead atoms. The topological polar surface area (TPSA) is 32.3 Å². The Morgan fingerprint density at radius 1 is 1.54 bits per heavy atom. The second-order valence-electron chi connectivity index (χ2n) is 4.36. The van der Waals surface area contributed by atoms with E-state index in [0.717, 1.165) is 24.8 Å². The summed E-state index contributed by atoms with van der Waals surface area (Å²) >= 11 is 1.70. The lowest BCUT2D eigenvalue weighted by Gasteiger charge is -2.28. The van der Waals surface area contributed by atoms with Gasteiger partial charge in [-0.05, 0) is 38.5 Å². The minimum Gasteiger partial charge on any atom is -0.388 e. The Bertz CT molecular complexity index is 146. The smallest absolute Gasteiger partial charge is 0.0833 e. The summed E-state index contributed by atoms with van der Waals surface area (Å²) in [6.45, 7) is 3.71. The highest BCUT2D eigenvalue weighted by Crippen LogP contribution is 2.25. The first-order valence-corrected chi connectivity index (χ1v) is 6.45. The summed E-state index contributed by atoms with van der Waals surface area (Å²) in [5, 5.41) is 13.2. The average Bonchev–Trinajstić information content (AvgIpc) is 1.94. The molecule has 1 unspecified atom stereocenters. The standard InChI is InChI=1S/C10H21NOS/c1-10(12,8-13-2)7-11-6-9-4-3-5-9/h9,11-12H,3-8H2,1-2H3. The number of aliphatic hydroxyl groups is 1. The molecular weight excluding hydrogens is 182 g/mol. The zero-order chi connectivity index (χ0) is 9.73. The number of thioether (sulfide) groups is 1. The highest BCUT2D eigenvalue weighted by atomic mass is 32.2. The Balaban J connectivity index is 2.02. The molecule has 2 N–H and O–H groups in total. The lowest BCUT2D eigenvalue weighted by molar-refractivity contribution is 0.0822. The third-order valence-electron chi connectivity index (χ3n) is 2.62. The van der Waals surface area contributed by atoms with Crippen LogP contribution >= 0.6 is 11.8 Å². The molecule has 0 spiro atoms. The molecule has 1 fully saturated rings. The molecule has 0 heterocycles. The van der Waals surface area contributed by atoms with Gasteiger partial charge < -0.3 is 10.4 Å². The number of hydrogen-bond acceptors (Lipinski definition) is 3. The van der Waals surface area contributed by atoms with Crippen LogP contribution in [0.5, 0.6) is 0 Å². The summed E-state index contributed by atoms with van der Waals surface area (Å²) in [6, 6.07) is 0. The Kier molecular flexibility index (Phi) is 4.56. The maximum absolute atomic E-state index is 9.83. The molecule has 1 aliphatic carbocycles. The lowest BCUT2D eigenvalue weighted by atomic mass is 9.85. The average molecular weight is 203 g/mol. The van der Waals surface area contributed by atoms with Gasteiger partial charge in [-0.1, -0.05) is 6.42 Å². The summed E-state index contributed by atoms with van der Waals surface area (Å²) in [4.78, 5) is 0. The van der Waals surface area contributed by atoms with Crippen LogP contribution in [0.15, 0.2) is 0 Å². The second kappa shape index (κ2) is 5.23. The van der Waals surface area contributed by atoms with E-state index in [2.05, 4.69) is 5.32 Å². The molecule has 3 heteroatoms. The molecule has 78 valence electrons. The van der Waals surface area contributed by atoms with E-state index in [1.807, 2.05) is 13.2 Å². The maximum Gasteiger partial charge on any atom is 0.0833 e. The quantitative estimate of drug-likeness (QED) is 0.686. The molecule has 1 atom stereocenters. The third kappa shape index (κ3) is 4.34. The molecule has 13 heavy (non-hydrogen) atoms. The molecule has 0 saturated heterocycles. The minimum atomic E-state index is -0.539. The molecule has 1 aliphatic rings. The van der Waals surface area contributed by atoms with E-state index >= 15 is 0 Å². The van der Waals surface area contributed by atoms with Crippen molar-refractivity contribution in [3.05, 3.63) is 0 Å². The van der Waals surface area contributed by atoms with Gasteiger partial charge in [-0.2, -0.15) is 11.8 Å². The van der Waals surface area contributed by atoms with Crippen molar-refractivity contribution in [3.63, 3.8) is 0 Å². The fourth-order valence-electron chi connectivity index (χ4n) is 1.60. The van der Waals surface area contributed by atoms with E-state index in [9.17, 15) is 5.11 Å². The van der Waals surface area contributed by atoms with E-state index in [4.69, 9.17) is 0 Å². The van der Waals surface area contributed by atoms with Crippen LogP contribution in [0.3, 0.4) is 0 Å². The largest absolute Gasteiger partial charge is 0.388 e. The predicted octanol–water partition coefficient (Wildman–Crippen LogP) is 1.49. The van der Waals surface area contributed by atoms with Crippen molar-refractivity contribution >= 4 is 11.8 Å². The van der Waals surface area contributed by atoms with Gasteiger partial charge in [0.1, 0.15) is 0 Å². The van der Waals surface area contributed by atoms with Crippen LogP contribution in [0.2, 0.25) is 0 Å². The molecule has 0 radical (unpaired) electrons. The Labute approximate surface area is 85.5 Å². The fraction of sp³-hybridized carbons (Fsp3) is 1.00. The van der Waals surface area contributed by atoms with Gasteiger partial charge in [-0.15, -0.1) is 0 Å². The van der Waals surface area contributed by atoms with Crippen LogP contribution in [0.1, 0.15) is 26.2 Å². The summed E-state index contributed by atoms with van der Waals surface area (Å²) in [5.74, 6) is 1.69. The number of hydrogen-bond donors (Lipinski definition) is 2. The molecule has 1 saturated carbocycles. The summed E-state index contributed by atoms with van der Waals surface area (Å²) < 4.78 is 0. The zero-order valence-corrected chi connectivity index (χ0v) is 9.49. The first kappa shape index (κ1) is 11.3. The highest BCUT2D eigenvalue weighted by molar-refractivity contribution is 7.98. The fourth-order valence-corrected chi connectivity index (χ4v) is 2.33. The third-order valence-corrected chi connectivity index (χ3v) is 3.53. The minimum absolute atomic E-state index is 0.539. The van der Waals surface area contributed by atoms with Crippen molar-refractivity contribution < 1.29 is 5.11 Å². The van der Waals surface area contributed by atoms with E-state index in [1.165, 1.54) is 19.3 Å². The van der Waals surface area contributed by atoms with Gasteiger partial charge in [0.05, 0.1) is 5.60 Å². The van der Waals surface area contributed by atoms with Crippen molar-refractivity contribution in [1.29, 1.82) is 0 Å². The maximum atomic E-state index is 9.83. The van der Waals surface area contributed by atoms with Crippen molar-refractivity contribution in [2.45, 2.75) is 31.8 Å². The molecule has 1 rings (SSSR count). The predicted molar refractivity (Wildman–Crippen MR) is 59.2 cm³/mol. The van der Waals surface area contributed by atoms with E-state index < -0.39 is 5.60 Å². The van der Waals surface area contributed by atoms with Gasteiger partial charge in [0.15, 0.2) is 0 Å². The highest BCUT2D eigenvalue weighted by Gasteiger charge is 2.21. The monoisotopic (exact) mass is 203 g/mol. The molecule has 0 aliphatic heterocycles. The summed E-state index contributed by atoms with van der Waals surface area (Å²) in [7, 11) is 0. The summed E-state index contributed by atoms with van der Waals surface area (Å²) in [5.41, 5.74) is -0.539. The lowest BCUT2D eigenvalue weighted by Crippen LogP contribution is -2.42. The van der Waals surface area contributed by atoms with Gasteiger partial charge in [0.2, 0.25) is 0 Å². The Hall–Kier alpha value is 0.270. The number of rotatable bonds is 6. The van der Waals surface area contributed by atoms with Crippen molar-refractivity contribution in [2.24, 2.45) is 5.92 Å². The van der Waals surface area contributed by atoms with Crippen molar-refractivity contribution in [3.8, 4) is 0 Å². The van der Waals surface area contributed by atoms with Crippen LogP contribution in [0.25, 0.3) is 0 Å². The first-order chi connectivity index (χ1) is 6.14. The first-order valence-electron chi connectivity index (χ1n) is 5.06. The van der Waals surface area contributed by atoms with E-state index in [-0.39, 0.29) is 0 Å². The van der Waals surface area contributed by atoms with E-state index in [1.54, 1.807) is 11.8 Å². The van der Waals surface area contributed by atoms with Gasteiger partial charge in [0.25, 0.3) is 0 Å². The van der Waals surface area contributed by atoms with Crippen LogP contribution in [-0.4, -0.2) is 35.8 Å². The summed E-state index contributed by atoms with van der Waals surface area (Å²) in [6.07, 6.45) is 6.17. The second-order valence-corrected chi connectivity index (χ2v) is 5.22. The molecule has 0 aromatic heterocycles. The molecule has 0 aromatic rings. The van der Waals surface area contributed by atoms with Crippen molar-refractivity contribution in [2.75, 3.05) is 25.1 Å².